The van der Waals surface area contributed by atoms with Crippen molar-refractivity contribution in [2.45, 2.75) is 19.5 Å². The lowest BCUT2D eigenvalue weighted by atomic mass is 10.1. The first-order chi connectivity index (χ1) is 16.7. The molecule has 0 aliphatic carbocycles. The monoisotopic (exact) mass is 452 g/mol. The molecular weight excluding hydrogens is 428 g/mol. The minimum Gasteiger partial charge on any atom is -0.492 e. The molecule has 0 atom stereocenters. The second kappa shape index (κ2) is 9.62. The summed E-state index contributed by atoms with van der Waals surface area (Å²) < 4.78 is 10.4. The zero-order chi connectivity index (χ0) is 23.3. The number of aryl methyl sites for hydroxylation is 1. The third kappa shape index (κ3) is 4.28. The van der Waals surface area contributed by atoms with Crippen LogP contribution in [0.4, 0.5) is 0 Å². The fourth-order valence-electron chi connectivity index (χ4n) is 4.02. The molecule has 0 bridgehead atoms. The van der Waals surface area contributed by atoms with Crippen LogP contribution in [-0.4, -0.2) is 25.3 Å². The van der Waals surface area contributed by atoms with E-state index in [9.17, 15) is 9.59 Å². The first kappa shape index (κ1) is 21.5. The lowest BCUT2D eigenvalue weighted by Crippen LogP contribution is -2.40. The summed E-state index contributed by atoms with van der Waals surface area (Å²) in [7, 11) is 0. The largest absolute Gasteiger partial charge is 0.492 e. The van der Waals surface area contributed by atoms with Crippen LogP contribution >= 0.6 is 0 Å². The highest BCUT2D eigenvalue weighted by atomic mass is 16.5. The van der Waals surface area contributed by atoms with Crippen LogP contribution in [0, 0.1) is 0 Å². The van der Waals surface area contributed by atoms with Crippen LogP contribution < -0.4 is 16.0 Å². The zero-order valence-corrected chi connectivity index (χ0v) is 18.6. The van der Waals surface area contributed by atoms with E-state index < -0.39 is 5.69 Å². The molecule has 7 heteroatoms. The number of benzene rings is 3. The molecular formula is C27H24N4O3. The van der Waals surface area contributed by atoms with Gasteiger partial charge >= 0.3 is 5.69 Å². The topological polar surface area (TPSA) is 71.1 Å². The third-order valence-corrected chi connectivity index (χ3v) is 5.73. The molecule has 0 saturated carbocycles. The molecule has 2 heterocycles. The summed E-state index contributed by atoms with van der Waals surface area (Å²) >= 11 is 0. The summed E-state index contributed by atoms with van der Waals surface area (Å²) in [5, 5.41) is 0. The maximum Gasteiger partial charge on any atom is 0.337 e. The lowest BCUT2D eigenvalue weighted by Gasteiger charge is -2.13. The number of nitrogens with zero attached hydrogens (tertiary/aromatic N) is 4. The van der Waals surface area contributed by atoms with Crippen molar-refractivity contribution in [1.82, 2.24) is 18.7 Å². The zero-order valence-electron chi connectivity index (χ0n) is 18.6. The Morgan fingerprint density at radius 3 is 2.12 bits per heavy atom. The molecule has 0 amide bonds. The van der Waals surface area contributed by atoms with Gasteiger partial charge in [-0.3, -0.25) is 9.36 Å². The molecule has 170 valence electrons. The first-order valence-electron chi connectivity index (χ1n) is 11.2. The fourth-order valence-corrected chi connectivity index (χ4v) is 4.02. The van der Waals surface area contributed by atoms with E-state index in [4.69, 9.17) is 4.74 Å². The van der Waals surface area contributed by atoms with Crippen molar-refractivity contribution < 1.29 is 4.74 Å². The van der Waals surface area contributed by atoms with Crippen molar-refractivity contribution in [1.29, 1.82) is 0 Å². The van der Waals surface area contributed by atoms with E-state index in [2.05, 4.69) is 4.98 Å². The Hall–Kier alpha value is -4.39. The fraction of sp³-hybridized carbons (Fsp3) is 0.148. The number of rotatable bonds is 8. The van der Waals surface area contributed by atoms with E-state index in [1.807, 2.05) is 91.0 Å². The number of hydrogen-bond acceptors (Lipinski definition) is 4. The maximum atomic E-state index is 13.5. The minimum atomic E-state index is -0.398. The van der Waals surface area contributed by atoms with E-state index in [0.29, 0.717) is 36.4 Å². The highest BCUT2D eigenvalue weighted by molar-refractivity contribution is 5.72. The minimum absolute atomic E-state index is 0.274. The van der Waals surface area contributed by atoms with Gasteiger partial charge in [-0.05, 0) is 36.2 Å². The molecule has 0 aliphatic heterocycles. The number of imidazole rings is 1. The summed E-state index contributed by atoms with van der Waals surface area (Å²) in [6, 6.07) is 28.6. The Balaban J connectivity index is 1.55. The Labute approximate surface area is 196 Å². The predicted molar refractivity (Wildman–Crippen MR) is 132 cm³/mol. The smallest absolute Gasteiger partial charge is 0.337 e. The van der Waals surface area contributed by atoms with Crippen molar-refractivity contribution in [3.8, 4) is 11.4 Å². The summed E-state index contributed by atoms with van der Waals surface area (Å²) in [6.07, 6.45) is 2.17. The van der Waals surface area contributed by atoms with Gasteiger partial charge in [0.25, 0.3) is 5.56 Å². The van der Waals surface area contributed by atoms with Crippen LogP contribution in [0.25, 0.3) is 16.9 Å². The number of fused-ring (bicyclic) bond motifs is 1. The summed E-state index contributed by atoms with van der Waals surface area (Å²) in [6.45, 7) is 1.06. The predicted octanol–water partition coefficient (Wildman–Crippen LogP) is 3.67. The summed E-state index contributed by atoms with van der Waals surface area (Å²) in [5.74, 6) is 0.758. The van der Waals surface area contributed by atoms with Gasteiger partial charge in [0.2, 0.25) is 0 Å². The average Bonchev–Trinajstić information content (AvgIpc) is 3.29. The van der Waals surface area contributed by atoms with Crippen molar-refractivity contribution >= 4 is 11.2 Å². The van der Waals surface area contributed by atoms with E-state index in [-0.39, 0.29) is 12.1 Å². The van der Waals surface area contributed by atoms with Crippen LogP contribution in [-0.2, 0) is 19.5 Å². The lowest BCUT2D eigenvalue weighted by molar-refractivity contribution is 0.300. The third-order valence-electron chi connectivity index (χ3n) is 5.73. The van der Waals surface area contributed by atoms with Gasteiger partial charge in [0.1, 0.15) is 12.4 Å². The number of ether oxygens (including phenoxy) is 1. The van der Waals surface area contributed by atoms with Gasteiger partial charge in [0.15, 0.2) is 11.2 Å². The van der Waals surface area contributed by atoms with Crippen molar-refractivity contribution in [2.75, 3.05) is 6.61 Å². The second-order valence-electron chi connectivity index (χ2n) is 7.92. The van der Waals surface area contributed by atoms with Gasteiger partial charge in [-0.25, -0.2) is 14.3 Å². The molecule has 5 aromatic rings. The normalized spacial score (nSPS) is 11.1. The number of hydrogen-bond donors (Lipinski definition) is 0. The molecule has 0 spiro atoms. The Morgan fingerprint density at radius 1 is 0.765 bits per heavy atom. The number of aromatic nitrogens is 4. The molecule has 5 rings (SSSR count). The summed E-state index contributed by atoms with van der Waals surface area (Å²) in [5.41, 5.74) is 1.71. The maximum absolute atomic E-state index is 13.5. The van der Waals surface area contributed by atoms with Crippen molar-refractivity contribution in [3.63, 3.8) is 0 Å². The van der Waals surface area contributed by atoms with Gasteiger partial charge < -0.3 is 9.30 Å². The molecule has 7 nitrogen and oxygen atoms in total. The molecule has 0 saturated heterocycles. The molecule has 0 N–H and O–H groups in total. The van der Waals surface area contributed by atoms with Crippen molar-refractivity contribution in [2.24, 2.45) is 0 Å². The average molecular weight is 453 g/mol. The van der Waals surface area contributed by atoms with Crippen molar-refractivity contribution in [3.05, 3.63) is 124 Å². The SMILES string of the molecule is O=c1c2c(ncn2CCOc2ccccc2)n(-c2ccccc2)c(=O)n1CCc1ccccc1. The Bertz CT molecular complexity index is 1500. The standard InChI is InChI=1S/C27H24N4O3/c32-26-24-25(28-20-29(24)18-19-34-23-14-8-3-9-15-23)31(22-12-6-2-7-13-22)27(33)30(26)17-16-21-10-4-1-5-11-21/h1-15,20H,16-19H2. The van der Waals surface area contributed by atoms with Gasteiger partial charge in [0.05, 0.1) is 18.6 Å². The highest BCUT2D eigenvalue weighted by Gasteiger charge is 2.19. The van der Waals surface area contributed by atoms with Crippen LogP contribution in [0.15, 0.2) is 107 Å². The van der Waals surface area contributed by atoms with Crippen LogP contribution in [0.5, 0.6) is 5.75 Å². The second-order valence-corrected chi connectivity index (χ2v) is 7.92. The molecule has 0 fully saturated rings. The first-order valence-corrected chi connectivity index (χ1v) is 11.2. The van der Waals surface area contributed by atoms with Crippen LogP contribution in [0.2, 0.25) is 0 Å². The molecule has 0 radical (unpaired) electrons. The Morgan fingerprint density at radius 2 is 1.41 bits per heavy atom. The van der Waals surface area contributed by atoms with Gasteiger partial charge in [-0.2, -0.15) is 0 Å². The van der Waals surface area contributed by atoms with Gasteiger partial charge in [-0.1, -0.05) is 66.7 Å². The molecule has 0 unspecified atom stereocenters. The van der Waals surface area contributed by atoms with Crippen LogP contribution in [0.3, 0.4) is 0 Å². The molecule has 0 aliphatic rings. The molecule has 3 aromatic carbocycles. The molecule has 34 heavy (non-hydrogen) atoms. The quantitative estimate of drug-likeness (QED) is 0.360. The Kier molecular flexibility index (Phi) is 6.07. The van der Waals surface area contributed by atoms with E-state index in [0.717, 1.165) is 11.3 Å². The van der Waals surface area contributed by atoms with E-state index in [1.54, 1.807) is 10.9 Å². The highest BCUT2D eigenvalue weighted by Crippen LogP contribution is 2.14. The summed E-state index contributed by atoms with van der Waals surface area (Å²) in [4.78, 5) is 31.5. The van der Waals surface area contributed by atoms with Gasteiger partial charge in [0, 0.05) is 6.54 Å². The van der Waals surface area contributed by atoms with Crippen LogP contribution in [0.1, 0.15) is 5.56 Å². The van der Waals surface area contributed by atoms with E-state index in [1.165, 1.54) is 9.13 Å². The molecule has 2 aromatic heterocycles. The number of para-hydroxylation sites is 2. The van der Waals surface area contributed by atoms with E-state index >= 15 is 0 Å². The van der Waals surface area contributed by atoms with Gasteiger partial charge in [-0.15, -0.1) is 0 Å².